The first kappa shape index (κ1) is 18.3. The third kappa shape index (κ3) is 4.97. The van der Waals surface area contributed by atoms with E-state index < -0.39 is 11.9 Å². The van der Waals surface area contributed by atoms with Crippen molar-refractivity contribution in [3.63, 3.8) is 0 Å². The molecule has 0 radical (unpaired) electrons. The number of nitrogens with one attached hydrogen (secondary N) is 1. The van der Waals surface area contributed by atoms with Crippen molar-refractivity contribution in [2.75, 3.05) is 6.61 Å². The number of aromatic amines is 1. The standard InChI is InChI=1S/C17H22F3N3O/c1-3-5-6-12(4-2)11-24-13-7-8-14(21-10-13)15-9-16(23-22-15)17(18,19)20/h7-10,12H,3-6,11H2,1-2H3,(H,22,23). The number of H-pyrrole nitrogens is 1. The molecular formula is C17H22F3N3O. The number of hydrogen-bond acceptors (Lipinski definition) is 3. The van der Waals surface area contributed by atoms with Gasteiger partial charge < -0.3 is 4.74 Å². The summed E-state index contributed by atoms with van der Waals surface area (Å²) in [6, 6.07) is 4.28. The molecule has 2 aromatic rings. The second kappa shape index (κ2) is 8.17. The second-order valence-corrected chi connectivity index (χ2v) is 5.77. The lowest BCUT2D eigenvalue weighted by Gasteiger charge is -2.15. The molecule has 1 N–H and O–H groups in total. The maximum Gasteiger partial charge on any atom is 0.435 e. The van der Waals surface area contributed by atoms with Crippen molar-refractivity contribution in [2.24, 2.45) is 5.92 Å². The third-order valence-corrected chi connectivity index (χ3v) is 3.91. The fourth-order valence-electron chi connectivity index (χ4n) is 2.34. The molecule has 0 saturated carbocycles. The van der Waals surface area contributed by atoms with Crippen LogP contribution in [0.1, 0.15) is 45.2 Å². The lowest BCUT2D eigenvalue weighted by atomic mass is 10.0. The smallest absolute Gasteiger partial charge is 0.435 e. The van der Waals surface area contributed by atoms with Gasteiger partial charge in [0.1, 0.15) is 5.75 Å². The fourth-order valence-corrected chi connectivity index (χ4v) is 2.34. The molecule has 0 amide bonds. The zero-order chi connectivity index (χ0) is 17.6. The molecule has 7 heteroatoms. The Bertz CT molecular complexity index is 623. The lowest BCUT2D eigenvalue weighted by molar-refractivity contribution is -0.141. The monoisotopic (exact) mass is 341 g/mol. The highest BCUT2D eigenvalue weighted by Crippen LogP contribution is 2.30. The SMILES string of the molecule is CCCCC(CC)COc1ccc(-c2cc(C(F)(F)F)n[nH]2)nc1. The molecule has 2 aromatic heterocycles. The Balaban J connectivity index is 1.96. The molecule has 2 heterocycles. The van der Waals surface area contributed by atoms with Crippen LogP contribution in [-0.4, -0.2) is 21.8 Å². The van der Waals surface area contributed by atoms with Crippen LogP contribution < -0.4 is 4.74 Å². The Hall–Kier alpha value is -2.05. The van der Waals surface area contributed by atoms with E-state index in [-0.39, 0.29) is 5.69 Å². The molecule has 0 aromatic carbocycles. The average molecular weight is 341 g/mol. The first-order chi connectivity index (χ1) is 11.4. The van der Waals surface area contributed by atoms with E-state index in [4.69, 9.17) is 4.74 Å². The number of alkyl halides is 3. The van der Waals surface area contributed by atoms with Crippen molar-refractivity contribution in [3.8, 4) is 17.1 Å². The van der Waals surface area contributed by atoms with E-state index in [0.29, 0.717) is 24.0 Å². The van der Waals surface area contributed by atoms with Crippen LogP contribution in [0.4, 0.5) is 13.2 Å². The maximum absolute atomic E-state index is 12.6. The van der Waals surface area contributed by atoms with Gasteiger partial charge in [-0.05, 0) is 30.5 Å². The van der Waals surface area contributed by atoms with Crippen molar-refractivity contribution < 1.29 is 17.9 Å². The Labute approximate surface area is 139 Å². The normalized spacial score (nSPS) is 13.0. The summed E-state index contributed by atoms with van der Waals surface area (Å²) in [4.78, 5) is 4.15. The van der Waals surface area contributed by atoms with Gasteiger partial charge >= 0.3 is 6.18 Å². The van der Waals surface area contributed by atoms with Crippen LogP contribution >= 0.6 is 0 Å². The highest BCUT2D eigenvalue weighted by molar-refractivity contribution is 5.55. The number of pyridine rings is 1. The molecule has 4 nitrogen and oxygen atoms in total. The molecule has 2 rings (SSSR count). The Morgan fingerprint density at radius 1 is 1.25 bits per heavy atom. The molecule has 24 heavy (non-hydrogen) atoms. The number of nitrogens with zero attached hydrogens (tertiary/aromatic N) is 2. The van der Waals surface area contributed by atoms with Gasteiger partial charge in [-0.2, -0.15) is 18.3 Å². The van der Waals surface area contributed by atoms with Crippen LogP contribution in [-0.2, 0) is 6.18 Å². The number of hydrogen-bond donors (Lipinski definition) is 1. The summed E-state index contributed by atoms with van der Waals surface area (Å²) < 4.78 is 43.4. The molecule has 0 fully saturated rings. The van der Waals surface area contributed by atoms with Gasteiger partial charge in [-0.25, -0.2) is 0 Å². The Morgan fingerprint density at radius 2 is 2.04 bits per heavy atom. The van der Waals surface area contributed by atoms with Crippen LogP contribution in [0, 0.1) is 5.92 Å². The van der Waals surface area contributed by atoms with Crippen molar-refractivity contribution in [1.29, 1.82) is 0 Å². The van der Waals surface area contributed by atoms with Crippen LogP contribution in [0.5, 0.6) is 5.75 Å². The topological polar surface area (TPSA) is 50.8 Å². The number of ether oxygens (including phenoxy) is 1. The molecule has 0 aliphatic heterocycles. The quantitative estimate of drug-likeness (QED) is 0.728. The molecule has 1 atom stereocenters. The minimum Gasteiger partial charge on any atom is -0.492 e. The minimum atomic E-state index is -4.47. The number of unbranched alkanes of at least 4 members (excludes halogenated alkanes) is 1. The number of rotatable bonds is 8. The summed E-state index contributed by atoms with van der Waals surface area (Å²) in [5.74, 6) is 1.12. The molecule has 0 bridgehead atoms. The average Bonchev–Trinajstić information content (AvgIpc) is 3.06. The number of aromatic nitrogens is 3. The molecule has 0 saturated heterocycles. The zero-order valence-electron chi connectivity index (χ0n) is 13.9. The van der Waals surface area contributed by atoms with E-state index in [0.717, 1.165) is 25.3 Å². The zero-order valence-corrected chi connectivity index (χ0v) is 13.9. The van der Waals surface area contributed by atoms with Crippen molar-refractivity contribution >= 4 is 0 Å². The van der Waals surface area contributed by atoms with Gasteiger partial charge in [0.05, 0.1) is 24.2 Å². The Morgan fingerprint density at radius 3 is 2.58 bits per heavy atom. The van der Waals surface area contributed by atoms with Crippen LogP contribution in [0.15, 0.2) is 24.4 Å². The van der Waals surface area contributed by atoms with E-state index in [9.17, 15) is 13.2 Å². The van der Waals surface area contributed by atoms with Gasteiger partial charge in [0.15, 0.2) is 5.69 Å². The van der Waals surface area contributed by atoms with Crippen LogP contribution in [0.25, 0.3) is 11.4 Å². The molecule has 0 aliphatic carbocycles. The summed E-state index contributed by atoms with van der Waals surface area (Å²) in [6.07, 6.45) is 1.59. The van der Waals surface area contributed by atoms with Crippen LogP contribution in [0.3, 0.4) is 0 Å². The largest absolute Gasteiger partial charge is 0.492 e. The molecular weight excluding hydrogens is 319 g/mol. The van der Waals surface area contributed by atoms with Crippen molar-refractivity contribution in [2.45, 2.75) is 45.7 Å². The van der Waals surface area contributed by atoms with E-state index in [1.54, 1.807) is 12.1 Å². The molecule has 132 valence electrons. The minimum absolute atomic E-state index is 0.225. The second-order valence-electron chi connectivity index (χ2n) is 5.77. The van der Waals surface area contributed by atoms with Gasteiger partial charge in [-0.15, -0.1) is 0 Å². The fraction of sp³-hybridized carbons (Fsp3) is 0.529. The molecule has 1 unspecified atom stereocenters. The summed E-state index contributed by atoms with van der Waals surface area (Å²) in [5.41, 5.74) is -0.340. The first-order valence-electron chi connectivity index (χ1n) is 8.15. The predicted molar refractivity (Wildman–Crippen MR) is 85.6 cm³/mol. The van der Waals surface area contributed by atoms with E-state index in [1.807, 2.05) is 0 Å². The van der Waals surface area contributed by atoms with Crippen molar-refractivity contribution in [3.05, 3.63) is 30.1 Å². The summed E-state index contributed by atoms with van der Waals surface area (Å²) in [7, 11) is 0. The summed E-state index contributed by atoms with van der Waals surface area (Å²) in [6.45, 7) is 4.93. The lowest BCUT2D eigenvalue weighted by Crippen LogP contribution is -2.11. The van der Waals surface area contributed by atoms with Gasteiger partial charge in [0, 0.05) is 0 Å². The van der Waals surface area contributed by atoms with E-state index in [1.165, 1.54) is 12.6 Å². The first-order valence-corrected chi connectivity index (χ1v) is 8.15. The highest BCUT2D eigenvalue weighted by atomic mass is 19.4. The summed E-state index contributed by atoms with van der Waals surface area (Å²) in [5, 5.41) is 5.62. The van der Waals surface area contributed by atoms with Gasteiger partial charge in [-0.3, -0.25) is 10.1 Å². The van der Waals surface area contributed by atoms with E-state index in [2.05, 4.69) is 29.0 Å². The van der Waals surface area contributed by atoms with Crippen molar-refractivity contribution in [1.82, 2.24) is 15.2 Å². The molecule has 0 spiro atoms. The maximum atomic E-state index is 12.6. The summed E-state index contributed by atoms with van der Waals surface area (Å²) >= 11 is 0. The highest BCUT2D eigenvalue weighted by Gasteiger charge is 2.34. The number of halogens is 3. The predicted octanol–water partition coefficient (Wildman–Crippen LogP) is 5.09. The van der Waals surface area contributed by atoms with Gasteiger partial charge in [-0.1, -0.05) is 33.1 Å². The van der Waals surface area contributed by atoms with Gasteiger partial charge in [0.2, 0.25) is 0 Å². The van der Waals surface area contributed by atoms with Gasteiger partial charge in [0.25, 0.3) is 0 Å². The molecule has 0 aliphatic rings. The van der Waals surface area contributed by atoms with Crippen LogP contribution in [0.2, 0.25) is 0 Å². The van der Waals surface area contributed by atoms with E-state index >= 15 is 0 Å². The Kier molecular flexibility index (Phi) is 6.23. The third-order valence-electron chi connectivity index (χ3n) is 3.91.